The third kappa shape index (κ3) is 5.46. The summed E-state index contributed by atoms with van der Waals surface area (Å²) in [6, 6.07) is 14.4. The quantitative estimate of drug-likeness (QED) is 0.588. The van der Waals surface area contributed by atoms with E-state index in [1.165, 1.54) is 18.4 Å². The van der Waals surface area contributed by atoms with Crippen molar-refractivity contribution in [3.8, 4) is 0 Å². The van der Waals surface area contributed by atoms with E-state index in [0.29, 0.717) is 16.4 Å². The van der Waals surface area contributed by atoms with Gasteiger partial charge in [-0.15, -0.1) is 0 Å². The molecule has 0 fully saturated rings. The molecule has 1 heterocycles. The maximum Gasteiger partial charge on any atom is 0.338 e. The first-order valence-corrected chi connectivity index (χ1v) is 8.98. The molecule has 3 aromatic rings. The number of rotatable bonds is 6. The predicted octanol–water partition coefficient (Wildman–Crippen LogP) is 4.29. The van der Waals surface area contributed by atoms with Crippen LogP contribution in [-0.2, 0) is 9.53 Å². The van der Waals surface area contributed by atoms with Crippen LogP contribution >= 0.6 is 11.6 Å². The Morgan fingerprint density at radius 1 is 1.03 bits per heavy atom. The van der Waals surface area contributed by atoms with Gasteiger partial charge in [-0.2, -0.15) is 0 Å². The molecule has 0 aliphatic rings. The molecule has 0 unspecified atom stereocenters. The summed E-state index contributed by atoms with van der Waals surface area (Å²) in [5.41, 5.74) is 1.88. The predicted molar refractivity (Wildman–Crippen MR) is 108 cm³/mol. The van der Waals surface area contributed by atoms with E-state index in [0.717, 1.165) is 5.56 Å². The van der Waals surface area contributed by atoms with Crippen molar-refractivity contribution in [3.05, 3.63) is 82.8 Å². The molecule has 29 heavy (non-hydrogen) atoms. The summed E-state index contributed by atoms with van der Waals surface area (Å²) in [5.74, 6) is -1.49. The van der Waals surface area contributed by atoms with Crippen LogP contribution in [0, 0.1) is 6.92 Å². The molecular formula is C21H17ClN2O5. The van der Waals surface area contributed by atoms with Crippen molar-refractivity contribution in [3.63, 3.8) is 0 Å². The van der Waals surface area contributed by atoms with Crippen LogP contribution in [0.3, 0.4) is 0 Å². The lowest BCUT2D eigenvalue weighted by molar-refractivity contribution is -0.119. The van der Waals surface area contributed by atoms with E-state index in [9.17, 15) is 14.4 Å². The fraction of sp³-hybridized carbons (Fsp3) is 0.0952. The summed E-state index contributed by atoms with van der Waals surface area (Å²) in [7, 11) is 0. The minimum absolute atomic E-state index is 0.148. The Hall–Kier alpha value is -3.58. The highest BCUT2D eigenvalue weighted by Crippen LogP contribution is 2.19. The number of anilines is 2. The number of benzene rings is 2. The van der Waals surface area contributed by atoms with Gasteiger partial charge in [0.25, 0.3) is 11.8 Å². The van der Waals surface area contributed by atoms with E-state index >= 15 is 0 Å². The first-order chi connectivity index (χ1) is 13.9. The van der Waals surface area contributed by atoms with Crippen molar-refractivity contribution >= 4 is 40.8 Å². The minimum atomic E-state index is -0.695. The van der Waals surface area contributed by atoms with Crippen molar-refractivity contribution in [1.29, 1.82) is 0 Å². The summed E-state index contributed by atoms with van der Waals surface area (Å²) in [4.78, 5) is 36.4. The zero-order chi connectivity index (χ0) is 20.8. The van der Waals surface area contributed by atoms with Gasteiger partial charge in [-0.25, -0.2) is 4.79 Å². The molecule has 0 spiro atoms. The third-order valence-electron chi connectivity index (χ3n) is 3.91. The second-order valence-corrected chi connectivity index (χ2v) is 6.53. The SMILES string of the molecule is Cc1ccc(C(=O)OCC(=O)Nc2cccc(Cl)c2)cc1NC(=O)c1ccco1. The Morgan fingerprint density at radius 3 is 2.59 bits per heavy atom. The van der Waals surface area contributed by atoms with E-state index in [2.05, 4.69) is 10.6 Å². The maximum absolute atomic E-state index is 12.3. The molecule has 3 rings (SSSR count). The summed E-state index contributed by atoms with van der Waals surface area (Å²) < 4.78 is 10.1. The number of ether oxygens (including phenoxy) is 1. The van der Waals surface area contributed by atoms with Gasteiger partial charge in [0.15, 0.2) is 12.4 Å². The van der Waals surface area contributed by atoms with Gasteiger partial charge in [0.1, 0.15) is 0 Å². The monoisotopic (exact) mass is 412 g/mol. The van der Waals surface area contributed by atoms with Crippen molar-refractivity contribution < 1.29 is 23.5 Å². The molecule has 2 aromatic carbocycles. The zero-order valence-corrected chi connectivity index (χ0v) is 16.2. The zero-order valence-electron chi connectivity index (χ0n) is 15.4. The minimum Gasteiger partial charge on any atom is -0.459 e. The van der Waals surface area contributed by atoms with Gasteiger partial charge in [-0.1, -0.05) is 23.7 Å². The summed E-state index contributed by atoms with van der Waals surface area (Å²) in [5, 5.41) is 5.74. The number of hydrogen-bond acceptors (Lipinski definition) is 5. The Balaban J connectivity index is 1.60. The number of halogens is 1. The molecule has 0 aliphatic heterocycles. The van der Waals surface area contributed by atoms with Crippen molar-refractivity contribution in [1.82, 2.24) is 0 Å². The summed E-state index contributed by atoms with van der Waals surface area (Å²) in [6.45, 7) is 1.32. The van der Waals surface area contributed by atoms with E-state index in [-0.39, 0.29) is 11.3 Å². The molecule has 0 radical (unpaired) electrons. The van der Waals surface area contributed by atoms with Crippen molar-refractivity contribution in [2.75, 3.05) is 17.2 Å². The van der Waals surface area contributed by atoms with Gasteiger partial charge in [-0.3, -0.25) is 9.59 Å². The van der Waals surface area contributed by atoms with Gasteiger partial charge >= 0.3 is 5.97 Å². The highest BCUT2D eigenvalue weighted by molar-refractivity contribution is 6.30. The number of hydrogen-bond donors (Lipinski definition) is 2. The lowest BCUT2D eigenvalue weighted by Crippen LogP contribution is -2.21. The molecule has 2 N–H and O–H groups in total. The standard InChI is InChI=1S/C21H17ClN2O5/c1-13-7-8-14(10-17(13)24-20(26)18-6-3-9-28-18)21(27)29-12-19(25)23-16-5-2-4-15(22)11-16/h2-11H,12H2,1H3,(H,23,25)(H,24,26). The molecule has 0 atom stereocenters. The first-order valence-electron chi connectivity index (χ1n) is 8.60. The van der Waals surface area contributed by atoms with Crippen LogP contribution in [0.5, 0.6) is 0 Å². The van der Waals surface area contributed by atoms with Crippen LogP contribution in [0.25, 0.3) is 0 Å². The maximum atomic E-state index is 12.3. The lowest BCUT2D eigenvalue weighted by Gasteiger charge is -2.10. The number of carbonyl (C=O) groups excluding carboxylic acids is 3. The number of furan rings is 1. The molecule has 7 nitrogen and oxygen atoms in total. The highest BCUT2D eigenvalue weighted by atomic mass is 35.5. The van der Waals surface area contributed by atoms with Crippen LogP contribution in [0.1, 0.15) is 26.5 Å². The largest absolute Gasteiger partial charge is 0.459 e. The van der Waals surface area contributed by atoms with Crippen LogP contribution < -0.4 is 10.6 Å². The molecular weight excluding hydrogens is 396 g/mol. The van der Waals surface area contributed by atoms with Crippen LogP contribution in [0.4, 0.5) is 11.4 Å². The van der Waals surface area contributed by atoms with E-state index in [1.54, 1.807) is 49.4 Å². The van der Waals surface area contributed by atoms with E-state index in [1.807, 2.05) is 0 Å². The average molecular weight is 413 g/mol. The number of carbonyl (C=O) groups is 3. The Kier molecular flexibility index (Phi) is 6.31. The fourth-order valence-corrected chi connectivity index (χ4v) is 2.64. The average Bonchev–Trinajstić information content (AvgIpc) is 3.23. The van der Waals surface area contributed by atoms with Crippen molar-refractivity contribution in [2.24, 2.45) is 0 Å². The van der Waals surface area contributed by atoms with Crippen LogP contribution in [-0.4, -0.2) is 24.4 Å². The van der Waals surface area contributed by atoms with Crippen LogP contribution in [0.2, 0.25) is 5.02 Å². The third-order valence-corrected chi connectivity index (χ3v) is 4.14. The molecule has 0 saturated carbocycles. The van der Waals surface area contributed by atoms with Gasteiger partial charge < -0.3 is 19.8 Å². The van der Waals surface area contributed by atoms with E-state index < -0.39 is 24.4 Å². The second kappa shape index (κ2) is 9.07. The topological polar surface area (TPSA) is 97.6 Å². The number of esters is 1. The lowest BCUT2D eigenvalue weighted by atomic mass is 10.1. The normalized spacial score (nSPS) is 10.3. The number of nitrogens with one attached hydrogen (secondary N) is 2. The fourth-order valence-electron chi connectivity index (χ4n) is 2.45. The Labute approximate surface area is 171 Å². The Bertz CT molecular complexity index is 1050. The van der Waals surface area contributed by atoms with Gasteiger partial charge in [0, 0.05) is 16.4 Å². The summed E-state index contributed by atoms with van der Waals surface area (Å²) >= 11 is 5.86. The second-order valence-electron chi connectivity index (χ2n) is 6.10. The van der Waals surface area contributed by atoms with Gasteiger partial charge in [-0.05, 0) is 55.0 Å². The summed E-state index contributed by atoms with van der Waals surface area (Å²) in [6.07, 6.45) is 1.39. The van der Waals surface area contributed by atoms with Gasteiger partial charge in [0.2, 0.25) is 0 Å². The van der Waals surface area contributed by atoms with Gasteiger partial charge in [0.05, 0.1) is 11.8 Å². The van der Waals surface area contributed by atoms with E-state index in [4.69, 9.17) is 20.8 Å². The molecule has 148 valence electrons. The first kappa shape index (κ1) is 20.2. The molecule has 0 bridgehead atoms. The molecule has 8 heteroatoms. The van der Waals surface area contributed by atoms with Crippen molar-refractivity contribution in [2.45, 2.75) is 6.92 Å². The molecule has 0 saturated heterocycles. The number of aryl methyl sites for hydroxylation is 1. The van der Waals surface area contributed by atoms with Crippen LogP contribution in [0.15, 0.2) is 65.3 Å². The smallest absolute Gasteiger partial charge is 0.338 e. The molecule has 2 amide bonds. The molecule has 1 aromatic heterocycles. The molecule has 0 aliphatic carbocycles. The highest BCUT2D eigenvalue weighted by Gasteiger charge is 2.15. The Morgan fingerprint density at radius 2 is 1.86 bits per heavy atom. The number of amides is 2.